The Labute approximate surface area is 119 Å². The van der Waals surface area contributed by atoms with Crippen LogP contribution in [-0.4, -0.2) is 39.8 Å². The number of nitrogens with zero attached hydrogens (tertiary/aromatic N) is 4. The first-order valence-corrected chi connectivity index (χ1v) is 7.51. The summed E-state index contributed by atoms with van der Waals surface area (Å²) in [4.78, 5) is 11.5. The zero-order chi connectivity index (χ0) is 13.9. The molecule has 0 aromatic carbocycles. The van der Waals surface area contributed by atoms with Crippen LogP contribution in [0, 0.1) is 5.92 Å². The minimum absolute atomic E-state index is 0.688. The van der Waals surface area contributed by atoms with E-state index in [-0.39, 0.29) is 0 Å². The molecule has 0 unspecified atom stereocenters. The molecule has 0 bridgehead atoms. The van der Waals surface area contributed by atoms with Crippen LogP contribution >= 0.6 is 0 Å². The minimum atomic E-state index is 0.688. The lowest BCUT2D eigenvalue weighted by Crippen LogP contribution is -2.26. The fourth-order valence-corrected chi connectivity index (χ4v) is 2.35. The average molecular weight is 274 g/mol. The van der Waals surface area contributed by atoms with Crippen LogP contribution in [0.2, 0.25) is 0 Å². The smallest absolute Gasteiger partial charge is 0.226 e. The maximum absolute atomic E-state index is 4.71. The fraction of sp³-hybridized carbons (Fsp3) is 0.643. The summed E-state index contributed by atoms with van der Waals surface area (Å²) in [5.74, 6) is 2.52. The Morgan fingerprint density at radius 1 is 1.35 bits per heavy atom. The largest absolute Gasteiger partial charge is 0.356 e. The van der Waals surface area contributed by atoms with E-state index in [9.17, 15) is 0 Å². The summed E-state index contributed by atoms with van der Waals surface area (Å²) in [7, 11) is 0. The Bertz CT molecular complexity index is 574. The molecular weight excluding hydrogens is 252 g/mol. The van der Waals surface area contributed by atoms with E-state index in [1.165, 1.54) is 12.8 Å². The van der Waals surface area contributed by atoms with Crippen molar-refractivity contribution in [1.29, 1.82) is 0 Å². The quantitative estimate of drug-likeness (QED) is 0.811. The predicted molar refractivity (Wildman–Crippen MR) is 81.1 cm³/mol. The van der Waals surface area contributed by atoms with Gasteiger partial charge in [-0.3, -0.25) is 5.10 Å². The molecule has 0 amide bonds. The highest BCUT2D eigenvalue weighted by Crippen LogP contribution is 2.32. The van der Waals surface area contributed by atoms with Crippen LogP contribution < -0.4 is 10.2 Å². The molecule has 3 rings (SSSR count). The molecule has 1 aliphatic carbocycles. The van der Waals surface area contributed by atoms with E-state index in [1.807, 2.05) is 6.20 Å². The van der Waals surface area contributed by atoms with Crippen molar-refractivity contribution in [1.82, 2.24) is 20.2 Å². The fourth-order valence-electron chi connectivity index (χ4n) is 2.35. The molecule has 1 aliphatic rings. The highest BCUT2D eigenvalue weighted by molar-refractivity contribution is 5.87. The Morgan fingerprint density at radius 3 is 2.90 bits per heavy atom. The van der Waals surface area contributed by atoms with Crippen molar-refractivity contribution in [2.75, 3.05) is 29.9 Å². The lowest BCUT2D eigenvalue weighted by atomic mass is 10.3. The number of H-pyrrole nitrogens is 1. The number of hydrogen-bond acceptors (Lipinski definition) is 5. The molecule has 0 aliphatic heterocycles. The van der Waals surface area contributed by atoms with Gasteiger partial charge < -0.3 is 10.2 Å². The summed E-state index contributed by atoms with van der Waals surface area (Å²) in [6, 6.07) is 0. The zero-order valence-corrected chi connectivity index (χ0v) is 12.2. The summed E-state index contributed by atoms with van der Waals surface area (Å²) in [6.07, 6.45) is 5.57. The van der Waals surface area contributed by atoms with Gasteiger partial charge in [-0.05, 0) is 32.1 Å². The summed E-state index contributed by atoms with van der Waals surface area (Å²) in [5, 5.41) is 11.3. The molecule has 2 N–H and O–H groups in total. The molecule has 108 valence electrons. The van der Waals surface area contributed by atoms with Crippen molar-refractivity contribution in [3.05, 3.63) is 6.20 Å². The molecule has 1 fully saturated rings. The predicted octanol–water partition coefficient (Wildman–Crippen LogP) is 2.41. The molecule has 1 saturated carbocycles. The molecule has 20 heavy (non-hydrogen) atoms. The van der Waals surface area contributed by atoms with E-state index >= 15 is 0 Å². The molecular formula is C14H22N6. The monoisotopic (exact) mass is 274 g/mol. The van der Waals surface area contributed by atoms with E-state index in [0.717, 1.165) is 48.8 Å². The molecule has 6 heteroatoms. The number of aromatic nitrogens is 4. The van der Waals surface area contributed by atoms with E-state index in [2.05, 4.69) is 39.2 Å². The van der Waals surface area contributed by atoms with Gasteiger partial charge in [0.05, 0.1) is 11.6 Å². The van der Waals surface area contributed by atoms with Gasteiger partial charge in [0.15, 0.2) is 5.65 Å². The van der Waals surface area contributed by atoms with Crippen LogP contribution in [0.5, 0.6) is 0 Å². The Morgan fingerprint density at radius 2 is 2.20 bits per heavy atom. The van der Waals surface area contributed by atoms with Crippen molar-refractivity contribution in [3.63, 3.8) is 0 Å². The molecule has 0 spiro atoms. The molecule has 2 heterocycles. The van der Waals surface area contributed by atoms with Crippen LogP contribution in [0.1, 0.15) is 33.1 Å². The van der Waals surface area contributed by atoms with Gasteiger partial charge in [-0.25, -0.2) is 0 Å². The number of hydrogen-bond donors (Lipinski definition) is 2. The number of fused-ring (bicyclic) bond motifs is 1. The minimum Gasteiger partial charge on any atom is -0.356 e. The number of anilines is 2. The zero-order valence-electron chi connectivity index (χ0n) is 12.2. The maximum Gasteiger partial charge on any atom is 0.226 e. The molecule has 0 atom stereocenters. The first-order chi connectivity index (χ1) is 9.81. The molecule has 6 nitrogen and oxygen atoms in total. The van der Waals surface area contributed by atoms with Crippen molar-refractivity contribution >= 4 is 22.8 Å². The van der Waals surface area contributed by atoms with Crippen LogP contribution in [0.25, 0.3) is 11.0 Å². The maximum atomic E-state index is 4.71. The van der Waals surface area contributed by atoms with Crippen LogP contribution in [0.3, 0.4) is 0 Å². The SMILES string of the molecule is CCCNc1nc(N(CC)CC2CC2)c2cn[nH]c2n1. The Balaban J connectivity index is 1.94. The molecule has 0 saturated heterocycles. The van der Waals surface area contributed by atoms with Gasteiger partial charge in [-0.15, -0.1) is 0 Å². The van der Waals surface area contributed by atoms with Crippen LogP contribution in [-0.2, 0) is 0 Å². The summed E-state index contributed by atoms with van der Waals surface area (Å²) < 4.78 is 0. The highest BCUT2D eigenvalue weighted by Gasteiger charge is 2.25. The van der Waals surface area contributed by atoms with Gasteiger partial charge in [-0.1, -0.05) is 6.92 Å². The first kappa shape index (κ1) is 13.1. The summed E-state index contributed by atoms with van der Waals surface area (Å²) in [5.41, 5.74) is 0.808. The molecule has 2 aromatic heterocycles. The van der Waals surface area contributed by atoms with Crippen molar-refractivity contribution < 1.29 is 0 Å². The summed E-state index contributed by atoms with van der Waals surface area (Å²) >= 11 is 0. The number of rotatable bonds is 7. The number of aromatic amines is 1. The standard InChI is InChI=1S/C14H22N6/c1-3-7-15-14-17-12-11(8-16-19-12)13(18-14)20(4-2)9-10-5-6-10/h8,10H,3-7,9H2,1-2H3,(H2,15,16,17,18,19). The average Bonchev–Trinajstić information content (AvgIpc) is 3.16. The Kier molecular flexibility index (Phi) is 3.71. The second-order valence-corrected chi connectivity index (χ2v) is 5.41. The molecule has 0 radical (unpaired) electrons. The van der Waals surface area contributed by atoms with Crippen molar-refractivity contribution in [3.8, 4) is 0 Å². The third-order valence-electron chi connectivity index (χ3n) is 3.68. The van der Waals surface area contributed by atoms with Crippen LogP contribution in [0.15, 0.2) is 6.20 Å². The normalized spacial score (nSPS) is 14.7. The van der Waals surface area contributed by atoms with E-state index in [0.29, 0.717) is 5.95 Å². The van der Waals surface area contributed by atoms with Crippen molar-refractivity contribution in [2.45, 2.75) is 33.1 Å². The summed E-state index contributed by atoms with van der Waals surface area (Å²) in [6.45, 7) is 7.24. The van der Waals surface area contributed by atoms with Gasteiger partial charge in [0, 0.05) is 19.6 Å². The van der Waals surface area contributed by atoms with Gasteiger partial charge in [-0.2, -0.15) is 15.1 Å². The lowest BCUT2D eigenvalue weighted by molar-refractivity contribution is 0.734. The lowest BCUT2D eigenvalue weighted by Gasteiger charge is -2.22. The van der Waals surface area contributed by atoms with E-state index in [4.69, 9.17) is 4.98 Å². The van der Waals surface area contributed by atoms with Crippen molar-refractivity contribution in [2.24, 2.45) is 5.92 Å². The third-order valence-corrected chi connectivity index (χ3v) is 3.68. The first-order valence-electron chi connectivity index (χ1n) is 7.51. The number of nitrogens with one attached hydrogen (secondary N) is 2. The van der Waals surface area contributed by atoms with Crippen LogP contribution in [0.4, 0.5) is 11.8 Å². The van der Waals surface area contributed by atoms with Gasteiger partial charge in [0.1, 0.15) is 5.82 Å². The third kappa shape index (κ3) is 2.69. The molecule has 2 aromatic rings. The highest BCUT2D eigenvalue weighted by atomic mass is 15.3. The topological polar surface area (TPSA) is 69.7 Å². The van der Waals surface area contributed by atoms with Gasteiger partial charge >= 0.3 is 0 Å². The Hall–Kier alpha value is -1.85. The second kappa shape index (κ2) is 5.64. The second-order valence-electron chi connectivity index (χ2n) is 5.41. The van der Waals surface area contributed by atoms with E-state index in [1.54, 1.807) is 0 Å². The van der Waals surface area contributed by atoms with Gasteiger partial charge in [0.2, 0.25) is 5.95 Å². The van der Waals surface area contributed by atoms with E-state index < -0.39 is 0 Å². The van der Waals surface area contributed by atoms with Gasteiger partial charge in [0.25, 0.3) is 0 Å².